The summed E-state index contributed by atoms with van der Waals surface area (Å²) in [5.41, 5.74) is 0. The Morgan fingerprint density at radius 1 is 0.538 bits per heavy atom. The van der Waals surface area contributed by atoms with Crippen molar-refractivity contribution in [3.63, 3.8) is 0 Å². The van der Waals surface area contributed by atoms with Gasteiger partial charge in [-0.2, -0.15) is 0 Å². The van der Waals surface area contributed by atoms with E-state index in [4.69, 9.17) is 4.74 Å². The number of carbonyl (C=O) groups excluding carboxylic acids is 2. The Kier molecular flexibility index (Phi) is 40.7. The first-order valence-electron chi connectivity index (χ1n) is 22.6. The topological polar surface area (TPSA) is 95.9 Å². The molecule has 0 spiro atoms. The molecule has 0 aliphatic carbocycles. The first-order valence-corrected chi connectivity index (χ1v) is 22.6. The van der Waals surface area contributed by atoms with E-state index >= 15 is 0 Å². The molecule has 0 fully saturated rings. The van der Waals surface area contributed by atoms with Gasteiger partial charge in [-0.3, -0.25) is 9.59 Å². The van der Waals surface area contributed by atoms with Gasteiger partial charge in [-0.05, 0) is 57.8 Å². The van der Waals surface area contributed by atoms with Crippen molar-refractivity contribution in [3.05, 3.63) is 24.3 Å². The summed E-state index contributed by atoms with van der Waals surface area (Å²) < 4.78 is 5.43. The minimum atomic E-state index is -0.680. The zero-order chi connectivity index (χ0) is 38.0. The van der Waals surface area contributed by atoms with Gasteiger partial charge in [0.2, 0.25) is 5.91 Å². The van der Waals surface area contributed by atoms with Crippen molar-refractivity contribution < 1.29 is 24.5 Å². The Bertz CT molecular complexity index is 813. The SMILES string of the molecule is CCCCCC/C=C\C/C=C\CCCCCCCC(=O)OCCCCCCCCCCCC(=O)NC(CO)C(O)CCCCCCCCCCCC. The highest BCUT2D eigenvalue weighted by molar-refractivity contribution is 5.76. The third-order valence-corrected chi connectivity index (χ3v) is 10.3. The number of ether oxygens (including phenoxy) is 1. The largest absolute Gasteiger partial charge is 0.466 e. The normalized spacial score (nSPS) is 12.9. The van der Waals surface area contributed by atoms with Crippen LogP contribution in [0.25, 0.3) is 0 Å². The lowest BCUT2D eigenvalue weighted by molar-refractivity contribution is -0.143. The molecule has 0 saturated heterocycles. The number of amides is 1. The molecule has 0 bridgehead atoms. The highest BCUT2D eigenvalue weighted by Gasteiger charge is 2.20. The second-order valence-electron chi connectivity index (χ2n) is 15.4. The van der Waals surface area contributed by atoms with Gasteiger partial charge in [0.05, 0.1) is 25.4 Å². The fraction of sp³-hybridized carbons (Fsp3) is 0.870. The van der Waals surface area contributed by atoms with Crippen LogP contribution in [-0.4, -0.2) is 47.4 Å². The Morgan fingerprint density at radius 3 is 1.48 bits per heavy atom. The Balaban J connectivity index is 3.50. The molecule has 52 heavy (non-hydrogen) atoms. The molecule has 0 aromatic rings. The number of aliphatic hydroxyl groups excluding tert-OH is 2. The molecule has 0 saturated carbocycles. The quantitative estimate of drug-likeness (QED) is 0.0330. The summed E-state index contributed by atoms with van der Waals surface area (Å²) in [6.45, 7) is 4.84. The van der Waals surface area contributed by atoms with Crippen molar-refractivity contribution in [3.8, 4) is 0 Å². The predicted molar refractivity (Wildman–Crippen MR) is 223 cm³/mol. The van der Waals surface area contributed by atoms with Crippen LogP contribution in [0, 0.1) is 0 Å². The second-order valence-corrected chi connectivity index (χ2v) is 15.4. The van der Waals surface area contributed by atoms with Crippen LogP contribution in [-0.2, 0) is 14.3 Å². The molecule has 6 heteroatoms. The highest BCUT2D eigenvalue weighted by atomic mass is 16.5. The molecule has 306 valence electrons. The lowest BCUT2D eigenvalue weighted by Gasteiger charge is -2.22. The van der Waals surface area contributed by atoms with E-state index in [9.17, 15) is 19.8 Å². The average molecular weight is 734 g/mol. The molecule has 0 aliphatic heterocycles. The molecule has 0 radical (unpaired) electrons. The van der Waals surface area contributed by atoms with Gasteiger partial charge in [0.1, 0.15) is 0 Å². The molecule has 0 rings (SSSR count). The summed E-state index contributed by atoms with van der Waals surface area (Å²) >= 11 is 0. The lowest BCUT2D eigenvalue weighted by Crippen LogP contribution is -2.45. The first-order chi connectivity index (χ1) is 25.5. The van der Waals surface area contributed by atoms with Gasteiger partial charge < -0.3 is 20.3 Å². The van der Waals surface area contributed by atoms with Crippen LogP contribution >= 0.6 is 0 Å². The van der Waals surface area contributed by atoms with Crippen LogP contribution < -0.4 is 5.32 Å². The number of esters is 1. The fourth-order valence-corrected chi connectivity index (χ4v) is 6.73. The maximum absolute atomic E-state index is 12.4. The van der Waals surface area contributed by atoms with Gasteiger partial charge >= 0.3 is 5.97 Å². The van der Waals surface area contributed by atoms with Gasteiger partial charge in [0.15, 0.2) is 0 Å². The maximum Gasteiger partial charge on any atom is 0.305 e. The Labute approximate surface area is 322 Å². The van der Waals surface area contributed by atoms with Crippen molar-refractivity contribution in [2.45, 2.75) is 244 Å². The monoisotopic (exact) mass is 734 g/mol. The molecule has 2 unspecified atom stereocenters. The van der Waals surface area contributed by atoms with Crippen molar-refractivity contribution in [2.75, 3.05) is 13.2 Å². The van der Waals surface area contributed by atoms with E-state index in [0.717, 1.165) is 70.6 Å². The third-order valence-electron chi connectivity index (χ3n) is 10.3. The van der Waals surface area contributed by atoms with Gasteiger partial charge in [-0.25, -0.2) is 0 Å². The zero-order valence-electron chi connectivity index (χ0n) is 34.5. The number of allylic oxidation sites excluding steroid dienone is 4. The smallest absolute Gasteiger partial charge is 0.305 e. The summed E-state index contributed by atoms with van der Waals surface area (Å²) in [7, 11) is 0. The van der Waals surface area contributed by atoms with E-state index in [1.54, 1.807) is 0 Å². The number of rotatable bonds is 41. The molecule has 0 aromatic heterocycles. The number of hydrogen-bond donors (Lipinski definition) is 3. The van der Waals surface area contributed by atoms with E-state index in [1.807, 2.05) is 0 Å². The van der Waals surface area contributed by atoms with E-state index in [1.165, 1.54) is 128 Å². The van der Waals surface area contributed by atoms with Gasteiger partial charge in [0, 0.05) is 12.8 Å². The molecule has 2 atom stereocenters. The fourth-order valence-electron chi connectivity index (χ4n) is 6.73. The number of hydrogen-bond acceptors (Lipinski definition) is 5. The minimum Gasteiger partial charge on any atom is -0.466 e. The molecule has 0 aromatic carbocycles. The Morgan fingerprint density at radius 2 is 0.962 bits per heavy atom. The van der Waals surface area contributed by atoms with Crippen LogP contribution in [0.1, 0.15) is 232 Å². The molecule has 6 nitrogen and oxygen atoms in total. The Hall–Kier alpha value is -1.66. The van der Waals surface area contributed by atoms with Crippen LogP contribution in [0.3, 0.4) is 0 Å². The number of unbranched alkanes of at least 4 members (excludes halogenated alkanes) is 26. The molecule has 3 N–H and O–H groups in total. The predicted octanol–water partition coefficient (Wildman–Crippen LogP) is 12.8. The van der Waals surface area contributed by atoms with Crippen molar-refractivity contribution in [1.82, 2.24) is 5.32 Å². The van der Waals surface area contributed by atoms with Crippen LogP contribution in [0.15, 0.2) is 24.3 Å². The standard InChI is InChI=1S/C46H87NO5/c1-3-5-7-9-11-13-15-16-17-18-19-20-24-28-32-36-40-46(51)52-41-37-33-29-25-21-23-27-31-35-39-45(50)47-43(42-48)44(49)38-34-30-26-22-14-12-10-8-6-4-2/h13,15,17-18,43-44,48-49H,3-12,14,16,19-42H2,1-2H3,(H,47,50)/b15-13-,18-17-. The molecule has 1 amide bonds. The lowest BCUT2D eigenvalue weighted by atomic mass is 10.0. The minimum absolute atomic E-state index is 0.0394. The highest BCUT2D eigenvalue weighted by Crippen LogP contribution is 2.15. The van der Waals surface area contributed by atoms with E-state index in [0.29, 0.717) is 25.9 Å². The van der Waals surface area contributed by atoms with Gasteiger partial charge in [-0.15, -0.1) is 0 Å². The number of nitrogens with one attached hydrogen (secondary N) is 1. The van der Waals surface area contributed by atoms with Crippen molar-refractivity contribution in [2.24, 2.45) is 0 Å². The van der Waals surface area contributed by atoms with E-state index in [-0.39, 0.29) is 18.5 Å². The average Bonchev–Trinajstić information content (AvgIpc) is 3.14. The van der Waals surface area contributed by atoms with Crippen molar-refractivity contribution in [1.29, 1.82) is 0 Å². The van der Waals surface area contributed by atoms with Gasteiger partial charge in [0.25, 0.3) is 0 Å². The number of aliphatic hydroxyl groups is 2. The molecule has 0 aliphatic rings. The molecule has 0 heterocycles. The number of carbonyl (C=O) groups is 2. The van der Waals surface area contributed by atoms with E-state index in [2.05, 4.69) is 43.5 Å². The van der Waals surface area contributed by atoms with Crippen LogP contribution in [0.2, 0.25) is 0 Å². The van der Waals surface area contributed by atoms with Crippen LogP contribution in [0.5, 0.6) is 0 Å². The summed E-state index contributed by atoms with van der Waals surface area (Å²) in [6.07, 6.45) is 47.0. The van der Waals surface area contributed by atoms with Crippen molar-refractivity contribution >= 4 is 11.9 Å². The van der Waals surface area contributed by atoms with Crippen LogP contribution in [0.4, 0.5) is 0 Å². The summed E-state index contributed by atoms with van der Waals surface area (Å²) in [5, 5.41) is 23.0. The van der Waals surface area contributed by atoms with E-state index < -0.39 is 12.1 Å². The summed E-state index contributed by atoms with van der Waals surface area (Å²) in [6, 6.07) is -0.560. The zero-order valence-corrected chi connectivity index (χ0v) is 34.5. The molecular formula is C46H87NO5. The first kappa shape index (κ1) is 50.3. The third kappa shape index (κ3) is 38.1. The maximum atomic E-state index is 12.4. The molecular weight excluding hydrogens is 647 g/mol. The second kappa shape index (κ2) is 42.1. The summed E-state index contributed by atoms with van der Waals surface area (Å²) in [4.78, 5) is 24.4. The summed E-state index contributed by atoms with van der Waals surface area (Å²) in [5.74, 6) is -0.106. The van der Waals surface area contributed by atoms with Gasteiger partial charge in [-0.1, -0.05) is 186 Å².